The van der Waals surface area contributed by atoms with Crippen LogP contribution in [0.4, 0.5) is 11.4 Å². The maximum atomic E-state index is 4.63. The topological polar surface area (TPSA) is 18.8 Å². The van der Waals surface area contributed by atoms with Crippen LogP contribution in [0.15, 0.2) is 17.1 Å². The highest BCUT2D eigenvalue weighted by Gasteiger charge is 2.25. The number of rotatable bonds is 2. The Bertz CT molecular complexity index is 484. The molecule has 1 aromatic carbocycles. The molecular weight excluding hydrogens is 293 g/mol. The second-order valence-corrected chi connectivity index (χ2v) is 5.47. The SMILES string of the molecule is CN(C)C=Nc1ccc2c3c1CCCN3CCC2.Cl.Cl. The number of hydrogen-bond acceptors (Lipinski definition) is 2. The molecular formula is C15H23Cl2N3. The van der Waals surface area contributed by atoms with E-state index in [-0.39, 0.29) is 24.8 Å². The van der Waals surface area contributed by atoms with Gasteiger partial charge in [-0.25, -0.2) is 4.99 Å². The van der Waals surface area contributed by atoms with E-state index in [1.165, 1.54) is 55.6 Å². The van der Waals surface area contributed by atoms with Crippen LogP contribution < -0.4 is 4.90 Å². The second-order valence-electron chi connectivity index (χ2n) is 5.47. The van der Waals surface area contributed by atoms with Gasteiger partial charge in [-0.2, -0.15) is 0 Å². The van der Waals surface area contributed by atoms with Crippen LogP contribution in [0.25, 0.3) is 0 Å². The molecule has 20 heavy (non-hydrogen) atoms. The molecule has 0 aliphatic carbocycles. The number of benzene rings is 1. The van der Waals surface area contributed by atoms with Gasteiger partial charge in [0.2, 0.25) is 0 Å². The summed E-state index contributed by atoms with van der Waals surface area (Å²) in [6.07, 6.45) is 6.88. The van der Waals surface area contributed by atoms with Gasteiger partial charge in [-0.3, -0.25) is 0 Å². The molecule has 0 spiro atoms. The first kappa shape index (κ1) is 17.1. The Labute approximate surface area is 133 Å². The van der Waals surface area contributed by atoms with Crippen molar-refractivity contribution in [1.29, 1.82) is 0 Å². The lowest BCUT2D eigenvalue weighted by molar-refractivity contribution is 0.632. The van der Waals surface area contributed by atoms with Gasteiger partial charge in [0.1, 0.15) is 0 Å². The summed E-state index contributed by atoms with van der Waals surface area (Å²) in [5.74, 6) is 0. The summed E-state index contributed by atoms with van der Waals surface area (Å²) in [4.78, 5) is 9.18. The highest BCUT2D eigenvalue weighted by atomic mass is 35.5. The van der Waals surface area contributed by atoms with Crippen LogP contribution in [0.1, 0.15) is 24.0 Å². The Balaban J connectivity index is 0.000001000. The van der Waals surface area contributed by atoms with Crippen LogP contribution in [-0.4, -0.2) is 38.4 Å². The van der Waals surface area contributed by atoms with Crippen molar-refractivity contribution < 1.29 is 0 Å². The van der Waals surface area contributed by atoms with Crippen molar-refractivity contribution in [2.75, 3.05) is 32.1 Å². The van der Waals surface area contributed by atoms with Crippen LogP contribution >= 0.6 is 24.8 Å². The Morgan fingerprint density at radius 1 is 1.10 bits per heavy atom. The first-order valence-electron chi connectivity index (χ1n) is 6.86. The zero-order valence-electron chi connectivity index (χ0n) is 12.1. The van der Waals surface area contributed by atoms with Crippen LogP contribution in [0.2, 0.25) is 0 Å². The van der Waals surface area contributed by atoms with Crippen molar-refractivity contribution in [2.45, 2.75) is 25.7 Å². The van der Waals surface area contributed by atoms with E-state index in [2.05, 4.69) is 22.0 Å². The zero-order valence-corrected chi connectivity index (χ0v) is 13.8. The van der Waals surface area contributed by atoms with Crippen LogP contribution in [0.3, 0.4) is 0 Å². The number of nitrogens with zero attached hydrogens (tertiary/aromatic N) is 3. The van der Waals surface area contributed by atoms with Gasteiger partial charge in [-0.1, -0.05) is 6.07 Å². The average molecular weight is 316 g/mol. The molecule has 3 nitrogen and oxygen atoms in total. The minimum atomic E-state index is 0. The maximum absolute atomic E-state index is 4.63. The highest BCUT2D eigenvalue weighted by Crippen LogP contribution is 2.40. The molecule has 0 amide bonds. The van der Waals surface area contributed by atoms with E-state index in [9.17, 15) is 0 Å². The van der Waals surface area contributed by atoms with E-state index in [1.54, 1.807) is 0 Å². The summed E-state index contributed by atoms with van der Waals surface area (Å²) in [5.41, 5.74) is 5.66. The minimum Gasteiger partial charge on any atom is -0.371 e. The fraction of sp³-hybridized carbons (Fsp3) is 0.533. The Morgan fingerprint density at radius 3 is 2.50 bits per heavy atom. The molecule has 0 atom stereocenters. The average Bonchev–Trinajstić information content (AvgIpc) is 2.38. The molecule has 0 saturated carbocycles. The molecule has 2 aliphatic heterocycles. The Morgan fingerprint density at radius 2 is 1.80 bits per heavy atom. The van der Waals surface area contributed by atoms with E-state index in [0.29, 0.717) is 0 Å². The normalized spacial score (nSPS) is 16.2. The van der Waals surface area contributed by atoms with Crippen molar-refractivity contribution in [3.05, 3.63) is 23.3 Å². The van der Waals surface area contributed by atoms with E-state index >= 15 is 0 Å². The molecule has 0 aromatic heterocycles. The Hall–Kier alpha value is -0.930. The van der Waals surface area contributed by atoms with Gasteiger partial charge in [-0.15, -0.1) is 24.8 Å². The van der Waals surface area contributed by atoms with Gasteiger partial charge in [0.05, 0.1) is 12.0 Å². The smallest absolute Gasteiger partial charge is 0.0907 e. The number of anilines is 1. The third-order valence-corrected chi connectivity index (χ3v) is 3.81. The molecule has 0 unspecified atom stereocenters. The van der Waals surface area contributed by atoms with Gasteiger partial charge in [0, 0.05) is 38.4 Å². The summed E-state index contributed by atoms with van der Waals surface area (Å²) in [5, 5.41) is 0. The fourth-order valence-electron chi connectivity index (χ4n) is 3.06. The summed E-state index contributed by atoms with van der Waals surface area (Å²) in [6, 6.07) is 4.47. The lowest BCUT2D eigenvalue weighted by Gasteiger charge is -2.37. The monoisotopic (exact) mass is 315 g/mol. The first-order chi connectivity index (χ1) is 8.75. The van der Waals surface area contributed by atoms with E-state index in [1.807, 2.05) is 25.3 Å². The molecule has 0 bridgehead atoms. The van der Waals surface area contributed by atoms with Gasteiger partial charge in [0.15, 0.2) is 0 Å². The van der Waals surface area contributed by atoms with Gasteiger partial charge in [0.25, 0.3) is 0 Å². The lowest BCUT2D eigenvalue weighted by atomic mass is 9.91. The van der Waals surface area contributed by atoms with Crippen LogP contribution in [0.5, 0.6) is 0 Å². The minimum absolute atomic E-state index is 0. The highest BCUT2D eigenvalue weighted by molar-refractivity contribution is 5.85. The predicted octanol–water partition coefficient (Wildman–Crippen LogP) is 3.45. The summed E-state index contributed by atoms with van der Waals surface area (Å²) < 4.78 is 0. The van der Waals surface area contributed by atoms with Gasteiger partial charge in [-0.05, 0) is 37.3 Å². The number of halogens is 2. The summed E-state index contributed by atoms with van der Waals surface area (Å²) in [6.45, 7) is 2.45. The molecule has 2 aliphatic rings. The number of hydrogen-bond donors (Lipinski definition) is 0. The standard InChI is InChI=1S/C15H21N3.2ClH/c1-17(2)11-16-14-8-7-12-5-3-9-18-10-4-6-13(14)15(12)18;;/h7-8,11H,3-6,9-10H2,1-2H3;2*1H. The molecule has 5 heteroatoms. The quantitative estimate of drug-likeness (QED) is 0.615. The van der Waals surface area contributed by atoms with Crippen molar-refractivity contribution in [2.24, 2.45) is 4.99 Å². The number of aryl methyl sites for hydroxylation is 1. The Kier molecular flexibility index (Phi) is 6.15. The van der Waals surface area contributed by atoms with Gasteiger partial charge < -0.3 is 9.80 Å². The molecule has 112 valence electrons. The third kappa shape index (κ3) is 3.21. The number of aliphatic imine (C=N–C) groups is 1. The van der Waals surface area contributed by atoms with Gasteiger partial charge >= 0.3 is 0 Å². The molecule has 1 aromatic rings. The summed E-state index contributed by atoms with van der Waals surface area (Å²) >= 11 is 0. The molecule has 0 radical (unpaired) electrons. The van der Waals surface area contributed by atoms with E-state index < -0.39 is 0 Å². The van der Waals surface area contributed by atoms with Crippen LogP contribution in [0, 0.1) is 0 Å². The fourth-order valence-corrected chi connectivity index (χ4v) is 3.06. The first-order valence-corrected chi connectivity index (χ1v) is 6.86. The van der Waals surface area contributed by atoms with Crippen molar-refractivity contribution in [1.82, 2.24) is 4.90 Å². The van der Waals surface area contributed by atoms with Crippen LogP contribution in [-0.2, 0) is 12.8 Å². The molecule has 0 saturated heterocycles. The maximum Gasteiger partial charge on any atom is 0.0907 e. The van der Waals surface area contributed by atoms with E-state index in [4.69, 9.17) is 0 Å². The zero-order chi connectivity index (χ0) is 12.5. The van der Waals surface area contributed by atoms with E-state index in [0.717, 1.165) is 5.69 Å². The second kappa shape index (κ2) is 7.19. The molecule has 0 fully saturated rings. The summed E-state index contributed by atoms with van der Waals surface area (Å²) in [7, 11) is 4.03. The molecule has 3 rings (SSSR count). The molecule has 0 N–H and O–H groups in total. The largest absolute Gasteiger partial charge is 0.371 e. The predicted molar refractivity (Wildman–Crippen MR) is 91.6 cm³/mol. The molecule has 2 heterocycles. The van der Waals surface area contributed by atoms with Crippen molar-refractivity contribution in [3.63, 3.8) is 0 Å². The van der Waals surface area contributed by atoms with Crippen molar-refractivity contribution in [3.8, 4) is 0 Å². The third-order valence-electron chi connectivity index (χ3n) is 3.81. The van der Waals surface area contributed by atoms with Crippen molar-refractivity contribution >= 4 is 42.5 Å². The lowest BCUT2D eigenvalue weighted by Crippen LogP contribution is -2.34.